The topological polar surface area (TPSA) is 93.7 Å². The highest BCUT2D eigenvalue weighted by atomic mass is 32.2. The fourth-order valence-electron chi connectivity index (χ4n) is 3.53. The highest BCUT2D eigenvalue weighted by Gasteiger charge is 2.21. The molecule has 0 amide bonds. The normalized spacial score (nSPS) is 14.3. The smallest absolute Gasteiger partial charge is 0.265 e. The molecule has 0 unspecified atom stereocenters. The van der Waals surface area contributed by atoms with Crippen LogP contribution in [-0.4, -0.2) is 52.0 Å². The molecular formula is C23H26N4O4S. The van der Waals surface area contributed by atoms with E-state index < -0.39 is 10.0 Å². The number of hydrogen-bond donors (Lipinski definition) is 1. The summed E-state index contributed by atoms with van der Waals surface area (Å²) >= 11 is 0. The Morgan fingerprint density at radius 3 is 2.44 bits per heavy atom. The number of anilines is 2. The molecular weight excluding hydrogens is 428 g/mol. The summed E-state index contributed by atoms with van der Waals surface area (Å²) in [5, 5.41) is 8.68. The van der Waals surface area contributed by atoms with Crippen LogP contribution in [0.4, 0.5) is 11.5 Å². The van der Waals surface area contributed by atoms with Crippen molar-refractivity contribution in [2.45, 2.75) is 18.7 Å². The minimum atomic E-state index is -3.85. The van der Waals surface area contributed by atoms with Gasteiger partial charge in [0.15, 0.2) is 5.82 Å². The molecule has 0 aliphatic carbocycles. The van der Waals surface area contributed by atoms with Crippen molar-refractivity contribution in [3.05, 3.63) is 59.7 Å². The average molecular weight is 455 g/mol. The molecule has 0 saturated carbocycles. The van der Waals surface area contributed by atoms with Crippen LogP contribution in [0, 0.1) is 13.8 Å². The molecule has 2 aromatic carbocycles. The van der Waals surface area contributed by atoms with E-state index >= 15 is 0 Å². The molecule has 3 aromatic rings. The van der Waals surface area contributed by atoms with Crippen molar-refractivity contribution in [2.75, 3.05) is 43.0 Å². The predicted molar refractivity (Wildman–Crippen MR) is 124 cm³/mol. The van der Waals surface area contributed by atoms with Crippen LogP contribution < -0.4 is 14.4 Å². The molecule has 32 heavy (non-hydrogen) atoms. The molecule has 8 nitrogen and oxygen atoms in total. The molecule has 2 heterocycles. The standard InChI is InChI=1S/C23H26N4O4S/c1-16-13-21(30-3)22(14-17(16)2)32(28,29)26-19-6-4-5-18(15-19)20-7-8-23(25-24-20)27-9-11-31-12-10-27/h4-8,13-15,26H,9-12H2,1-3H3. The van der Waals surface area contributed by atoms with Crippen LogP contribution in [0.1, 0.15) is 11.1 Å². The fraction of sp³-hybridized carbons (Fsp3) is 0.304. The molecule has 1 N–H and O–H groups in total. The van der Waals surface area contributed by atoms with Gasteiger partial charge in [0.05, 0.1) is 26.0 Å². The number of aromatic nitrogens is 2. The lowest BCUT2D eigenvalue weighted by Gasteiger charge is -2.27. The molecule has 1 fully saturated rings. The molecule has 1 aromatic heterocycles. The van der Waals surface area contributed by atoms with Crippen LogP contribution in [0.5, 0.6) is 5.75 Å². The summed E-state index contributed by atoms with van der Waals surface area (Å²) in [6.45, 7) is 6.71. The number of aryl methyl sites for hydroxylation is 2. The second kappa shape index (κ2) is 9.13. The zero-order chi connectivity index (χ0) is 22.7. The number of morpholine rings is 1. The minimum absolute atomic E-state index is 0.100. The van der Waals surface area contributed by atoms with E-state index in [1.807, 2.05) is 32.0 Å². The van der Waals surface area contributed by atoms with Gasteiger partial charge in [0.2, 0.25) is 0 Å². The van der Waals surface area contributed by atoms with E-state index in [4.69, 9.17) is 9.47 Å². The average Bonchev–Trinajstić information content (AvgIpc) is 2.81. The van der Waals surface area contributed by atoms with E-state index in [-0.39, 0.29) is 4.90 Å². The van der Waals surface area contributed by atoms with Crippen LogP contribution in [0.15, 0.2) is 53.4 Å². The van der Waals surface area contributed by atoms with Crippen molar-refractivity contribution < 1.29 is 17.9 Å². The SMILES string of the molecule is COc1cc(C)c(C)cc1S(=O)(=O)Nc1cccc(-c2ccc(N3CCOCC3)nn2)c1. The van der Waals surface area contributed by atoms with E-state index in [1.165, 1.54) is 7.11 Å². The van der Waals surface area contributed by atoms with Crippen molar-refractivity contribution >= 4 is 21.5 Å². The van der Waals surface area contributed by atoms with Gasteiger partial charge in [0.25, 0.3) is 10.0 Å². The number of ether oxygens (including phenoxy) is 2. The van der Waals surface area contributed by atoms with Gasteiger partial charge >= 0.3 is 0 Å². The van der Waals surface area contributed by atoms with E-state index in [2.05, 4.69) is 19.8 Å². The van der Waals surface area contributed by atoms with Gasteiger partial charge in [0.1, 0.15) is 10.6 Å². The Hall–Kier alpha value is -3.17. The van der Waals surface area contributed by atoms with E-state index in [9.17, 15) is 8.42 Å². The van der Waals surface area contributed by atoms with Crippen molar-refractivity contribution in [2.24, 2.45) is 0 Å². The number of benzene rings is 2. The van der Waals surface area contributed by atoms with Gasteiger partial charge in [-0.25, -0.2) is 8.42 Å². The van der Waals surface area contributed by atoms with E-state index in [0.29, 0.717) is 30.3 Å². The Morgan fingerprint density at radius 1 is 1.00 bits per heavy atom. The number of sulfonamides is 1. The molecule has 4 rings (SSSR count). The third-order valence-corrected chi connectivity index (χ3v) is 6.87. The van der Waals surface area contributed by atoms with Gasteiger partial charge in [-0.3, -0.25) is 4.72 Å². The summed E-state index contributed by atoms with van der Waals surface area (Å²) in [5.74, 6) is 1.11. The Kier molecular flexibility index (Phi) is 6.29. The lowest BCUT2D eigenvalue weighted by molar-refractivity contribution is 0.122. The van der Waals surface area contributed by atoms with Crippen LogP contribution in [0.2, 0.25) is 0 Å². The lowest BCUT2D eigenvalue weighted by Crippen LogP contribution is -2.36. The first kappa shape index (κ1) is 22.0. The molecule has 1 aliphatic heterocycles. The molecule has 168 valence electrons. The number of methoxy groups -OCH3 is 1. The minimum Gasteiger partial charge on any atom is -0.495 e. The summed E-state index contributed by atoms with van der Waals surface area (Å²) < 4.78 is 39.5. The first-order valence-corrected chi connectivity index (χ1v) is 11.8. The highest BCUT2D eigenvalue weighted by Crippen LogP contribution is 2.30. The third-order valence-electron chi connectivity index (χ3n) is 5.47. The highest BCUT2D eigenvalue weighted by molar-refractivity contribution is 7.92. The monoisotopic (exact) mass is 454 g/mol. The first-order chi connectivity index (χ1) is 15.4. The molecule has 1 aliphatic rings. The summed E-state index contributed by atoms with van der Waals surface area (Å²) in [4.78, 5) is 2.23. The number of nitrogens with one attached hydrogen (secondary N) is 1. The maximum atomic E-state index is 13.1. The van der Waals surface area contributed by atoms with Gasteiger partial charge in [0, 0.05) is 24.3 Å². The quantitative estimate of drug-likeness (QED) is 0.610. The molecule has 0 spiro atoms. The van der Waals surface area contributed by atoms with Gasteiger partial charge in [-0.15, -0.1) is 10.2 Å². The lowest BCUT2D eigenvalue weighted by atomic mass is 10.1. The zero-order valence-electron chi connectivity index (χ0n) is 18.3. The fourth-order valence-corrected chi connectivity index (χ4v) is 4.81. The third kappa shape index (κ3) is 4.68. The van der Waals surface area contributed by atoms with Crippen LogP contribution >= 0.6 is 0 Å². The molecule has 0 atom stereocenters. The summed E-state index contributed by atoms with van der Waals surface area (Å²) in [5.41, 5.74) is 3.68. The van der Waals surface area contributed by atoms with Crippen molar-refractivity contribution in [3.8, 4) is 17.0 Å². The number of nitrogens with zero attached hydrogens (tertiary/aromatic N) is 3. The van der Waals surface area contributed by atoms with Crippen LogP contribution in [-0.2, 0) is 14.8 Å². The number of rotatable bonds is 6. The number of hydrogen-bond acceptors (Lipinski definition) is 7. The largest absolute Gasteiger partial charge is 0.495 e. The Balaban J connectivity index is 1.58. The van der Waals surface area contributed by atoms with Crippen LogP contribution in [0.3, 0.4) is 0 Å². The van der Waals surface area contributed by atoms with Gasteiger partial charge < -0.3 is 14.4 Å². The molecule has 0 bridgehead atoms. The summed E-state index contributed by atoms with van der Waals surface area (Å²) in [6, 6.07) is 14.2. The summed E-state index contributed by atoms with van der Waals surface area (Å²) in [7, 11) is -2.38. The second-order valence-electron chi connectivity index (χ2n) is 7.65. The first-order valence-electron chi connectivity index (χ1n) is 10.3. The van der Waals surface area contributed by atoms with Gasteiger partial charge in [-0.05, 0) is 61.4 Å². The zero-order valence-corrected chi connectivity index (χ0v) is 19.1. The summed E-state index contributed by atoms with van der Waals surface area (Å²) in [6.07, 6.45) is 0. The maximum absolute atomic E-state index is 13.1. The Morgan fingerprint density at radius 2 is 1.75 bits per heavy atom. The van der Waals surface area contributed by atoms with Crippen molar-refractivity contribution in [1.82, 2.24) is 10.2 Å². The Labute approximate surface area is 188 Å². The van der Waals surface area contributed by atoms with E-state index in [0.717, 1.165) is 35.6 Å². The molecule has 9 heteroatoms. The molecule has 1 saturated heterocycles. The Bertz CT molecular complexity index is 1210. The molecule has 0 radical (unpaired) electrons. The van der Waals surface area contributed by atoms with Crippen LogP contribution in [0.25, 0.3) is 11.3 Å². The maximum Gasteiger partial charge on any atom is 0.265 e. The van der Waals surface area contributed by atoms with Gasteiger partial charge in [-0.2, -0.15) is 0 Å². The predicted octanol–water partition coefficient (Wildman–Crippen LogP) is 3.41. The van der Waals surface area contributed by atoms with Crippen molar-refractivity contribution in [3.63, 3.8) is 0 Å². The van der Waals surface area contributed by atoms with E-state index in [1.54, 1.807) is 30.3 Å². The van der Waals surface area contributed by atoms with Crippen molar-refractivity contribution in [1.29, 1.82) is 0 Å². The van der Waals surface area contributed by atoms with Gasteiger partial charge in [-0.1, -0.05) is 12.1 Å². The second-order valence-corrected chi connectivity index (χ2v) is 9.30.